The lowest BCUT2D eigenvalue weighted by Gasteiger charge is -2.26. The third kappa shape index (κ3) is 5.95. The Bertz CT molecular complexity index is 1240. The molecule has 0 radical (unpaired) electrons. The fraction of sp³-hybridized carbons (Fsp3) is 0.138. The zero-order valence-corrected chi connectivity index (χ0v) is 19.0. The molecule has 34 heavy (non-hydrogen) atoms. The average Bonchev–Trinajstić information content (AvgIpc) is 2.88. The molecule has 5 nitrogen and oxygen atoms in total. The summed E-state index contributed by atoms with van der Waals surface area (Å²) < 4.78 is 5.46. The number of carbonyl (C=O) groups is 2. The van der Waals surface area contributed by atoms with Gasteiger partial charge in [-0.2, -0.15) is 0 Å². The van der Waals surface area contributed by atoms with Gasteiger partial charge in [0, 0.05) is 36.3 Å². The maximum absolute atomic E-state index is 13.3. The maximum Gasteiger partial charge on any atom is 0.331 e. The summed E-state index contributed by atoms with van der Waals surface area (Å²) >= 11 is 0. The quantitative estimate of drug-likeness (QED) is 0.266. The fourth-order valence-corrected chi connectivity index (χ4v) is 3.76. The van der Waals surface area contributed by atoms with E-state index in [0.29, 0.717) is 13.1 Å². The summed E-state index contributed by atoms with van der Waals surface area (Å²) in [5.41, 5.74) is 3.63. The van der Waals surface area contributed by atoms with Crippen LogP contribution in [0.15, 0.2) is 103 Å². The smallest absolute Gasteiger partial charge is 0.331 e. The Kier molecular flexibility index (Phi) is 7.45. The number of amides is 1. The van der Waals surface area contributed by atoms with Crippen molar-refractivity contribution in [3.8, 4) is 0 Å². The molecule has 1 aromatic heterocycles. The number of hydrogen-bond donors (Lipinski definition) is 0. The first kappa shape index (κ1) is 22.9. The van der Waals surface area contributed by atoms with E-state index in [0.717, 1.165) is 27.6 Å². The molecule has 0 aliphatic carbocycles. The lowest BCUT2D eigenvalue weighted by Crippen LogP contribution is -2.39. The largest absolute Gasteiger partial charge is 0.449 e. The second kappa shape index (κ2) is 11.1. The predicted molar refractivity (Wildman–Crippen MR) is 133 cm³/mol. The normalized spacial score (nSPS) is 11.9. The highest BCUT2D eigenvalue weighted by molar-refractivity contribution is 5.94. The van der Waals surface area contributed by atoms with Gasteiger partial charge in [0.05, 0.1) is 5.52 Å². The first-order valence-electron chi connectivity index (χ1n) is 11.2. The van der Waals surface area contributed by atoms with Crippen LogP contribution in [0.25, 0.3) is 17.0 Å². The molecular weight excluding hydrogens is 424 g/mol. The Morgan fingerprint density at radius 3 is 2.12 bits per heavy atom. The highest BCUT2D eigenvalue weighted by Crippen LogP contribution is 2.17. The Morgan fingerprint density at radius 2 is 1.47 bits per heavy atom. The van der Waals surface area contributed by atoms with Gasteiger partial charge in [-0.25, -0.2) is 4.79 Å². The summed E-state index contributed by atoms with van der Waals surface area (Å²) in [6, 6.07) is 29.1. The van der Waals surface area contributed by atoms with Crippen LogP contribution in [-0.4, -0.2) is 27.9 Å². The molecule has 4 aromatic rings. The number of nitrogens with zero attached hydrogens (tertiary/aromatic N) is 2. The van der Waals surface area contributed by atoms with E-state index >= 15 is 0 Å². The van der Waals surface area contributed by atoms with Crippen LogP contribution in [0, 0.1) is 0 Å². The molecule has 170 valence electrons. The van der Waals surface area contributed by atoms with E-state index in [1.165, 1.54) is 6.08 Å². The van der Waals surface area contributed by atoms with E-state index in [1.807, 2.05) is 91.0 Å². The van der Waals surface area contributed by atoms with Crippen molar-refractivity contribution in [1.29, 1.82) is 0 Å². The monoisotopic (exact) mass is 450 g/mol. The predicted octanol–water partition coefficient (Wildman–Crippen LogP) is 5.41. The van der Waals surface area contributed by atoms with Crippen LogP contribution < -0.4 is 0 Å². The Morgan fingerprint density at radius 1 is 0.853 bits per heavy atom. The molecule has 0 bridgehead atoms. The van der Waals surface area contributed by atoms with Gasteiger partial charge in [0.2, 0.25) is 0 Å². The molecule has 0 saturated heterocycles. The third-order valence-electron chi connectivity index (χ3n) is 5.45. The van der Waals surface area contributed by atoms with Crippen molar-refractivity contribution >= 4 is 28.9 Å². The fourth-order valence-electron chi connectivity index (χ4n) is 3.76. The summed E-state index contributed by atoms with van der Waals surface area (Å²) in [5.74, 6) is -0.825. The number of esters is 1. The van der Waals surface area contributed by atoms with Gasteiger partial charge in [-0.3, -0.25) is 9.78 Å². The van der Waals surface area contributed by atoms with E-state index in [9.17, 15) is 9.59 Å². The number of para-hydroxylation sites is 1. The van der Waals surface area contributed by atoms with Crippen LogP contribution in [0.3, 0.4) is 0 Å². The highest BCUT2D eigenvalue weighted by atomic mass is 16.5. The molecule has 1 heterocycles. The van der Waals surface area contributed by atoms with Crippen LogP contribution in [-0.2, 0) is 27.4 Å². The Hall–Kier alpha value is -4.25. The first-order valence-corrected chi connectivity index (χ1v) is 11.2. The number of carbonyl (C=O) groups excluding carboxylic acids is 2. The Labute approximate surface area is 199 Å². The number of hydrogen-bond acceptors (Lipinski definition) is 4. The van der Waals surface area contributed by atoms with Gasteiger partial charge in [0.15, 0.2) is 6.10 Å². The topological polar surface area (TPSA) is 59.5 Å². The molecule has 5 heteroatoms. The van der Waals surface area contributed by atoms with Crippen molar-refractivity contribution in [2.45, 2.75) is 26.1 Å². The third-order valence-corrected chi connectivity index (χ3v) is 5.45. The number of fused-ring (bicyclic) bond motifs is 1. The summed E-state index contributed by atoms with van der Waals surface area (Å²) in [6.45, 7) is 2.46. The molecule has 0 N–H and O–H groups in total. The number of pyridine rings is 1. The maximum atomic E-state index is 13.3. The molecule has 0 aliphatic heterocycles. The minimum absolute atomic E-state index is 0.249. The lowest BCUT2D eigenvalue weighted by atomic mass is 10.1. The van der Waals surface area contributed by atoms with Gasteiger partial charge >= 0.3 is 5.97 Å². The van der Waals surface area contributed by atoms with Crippen molar-refractivity contribution < 1.29 is 14.3 Å². The molecule has 1 unspecified atom stereocenters. The Balaban J connectivity index is 1.45. The molecule has 4 rings (SSSR count). The number of ether oxygens (including phenoxy) is 1. The molecule has 1 atom stereocenters. The first-order chi connectivity index (χ1) is 16.6. The lowest BCUT2D eigenvalue weighted by molar-refractivity contribution is -0.156. The van der Waals surface area contributed by atoms with Crippen LogP contribution in [0.4, 0.5) is 0 Å². The zero-order chi connectivity index (χ0) is 23.8. The summed E-state index contributed by atoms with van der Waals surface area (Å²) in [5, 5.41) is 0.985. The molecule has 0 saturated carbocycles. The van der Waals surface area contributed by atoms with E-state index in [-0.39, 0.29) is 5.91 Å². The van der Waals surface area contributed by atoms with Crippen molar-refractivity contribution in [2.75, 3.05) is 0 Å². The molecular formula is C29H26N2O3. The summed E-state index contributed by atoms with van der Waals surface area (Å²) in [7, 11) is 0. The van der Waals surface area contributed by atoms with E-state index in [4.69, 9.17) is 4.74 Å². The van der Waals surface area contributed by atoms with Gasteiger partial charge in [-0.1, -0.05) is 84.9 Å². The van der Waals surface area contributed by atoms with Gasteiger partial charge in [0.1, 0.15) is 0 Å². The molecule has 0 fully saturated rings. The van der Waals surface area contributed by atoms with Crippen molar-refractivity contribution in [2.24, 2.45) is 0 Å². The van der Waals surface area contributed by atoms with Gasteiger partial charge in [-0.15, -0.1) is 0 Å². The number of rotatable bonds is 8. The van der Waals surface area contributed by atoms with Gasteiger partial charge in [-0.05, 0) is 30.2 Å². The molecule has 0 spiro atoms. The average molecular weight is 451 g/mol. The summed E-state index contributed by atoms with van der Waals surface area (Å²) in [6.07, 6.45) is 3.80. The number of aromatic nitrogens is 1. The molecule has 3 aromatic carbocycles. The SMILES string of the molecule is CC(OC(=O)/C=C/c1cccc2cccnc12)C(=O)N(Cc1ccccc1)Cc1ccccc1. The minimum Gasteiger partial charge on any atom is -0.449 e. The standard InChI is InChI=1S/C29H26N2O3/c1-22(34-27(32)18-17-26-15-8-14-25-16-9-19-30-28(25)26)29(33)31(20-23-10-4-2-5-11-23)21-24-12-6-3-7-13-24/h2-19,22H,20-21H2,1H3/b18-17+. The van der Waals surface area contributed by atoms with Gasteiger partial charge in [0.25, 0.3) is 5.91 Å². The van der Waals surface area contributed by atoms with E-state index in [2.05, 4.69) is 4.98 Å². The molecule has 1 amide bonds. The highest BCUT2D eigenvalue weighted by Gasteiger charge is 2.23. The second-order valence-corrected chi connectivity index (χ2v) is 8.00. The van der Waals surface area contributed by atoms with Crippen LogP contribution in [0.1, 0.15) is 23.6 Å². The second-order valence-electron chi connectivity index (χ2n) is 8.00. The van der Waals surface area contributed by atoms with E-state index in [1.54, 1.807) is 24.1 Å². The van der Waals surface area contributed by atoms with Gasteiger partial charge < -0.3 is 9.64 Å². The van der Waals surface area contributed by atoms with Crippen molar-refractivity contribution in [1.82, 2.24) is 9.88 Å². The van der Waals surface area contributed by atoms with Crippen molar-refractivity contribution in [3.63, 3.8) is 0 Å². The van der Waals surface area contributed by atoms with Crippen molar-refractivity contribution in [3.05, 3.63) is 120 Å². The van der Waals surface area contributed by atoms with Crippen LogP contribution in [0.5, 0.6) is 0 Å². The van der Waals surface area contributed by atoms with Crippen LogP contribution >= 0.6 is 0 Å². The zero-order valence-electron chi connectivity index (χ0n) is 19.0. The van der Waals surface area contributed by atoms with Crippen LogP contribution in [0.2, 0.25) is 0 Å². The van der Waals surface area contributed by atoms with E-state index < -0.39 is 12.1 Å². The summed E-state index contributed by atoms with van der Waals surface area (Å²) in [4.78, 5) is 31.9. The minimum atomic E-state index is -0.921. The number of benzene rings is 3. The molecule has 0 aliphatic rings.